The molecule has 0 bridgehead atoms. The lowest BCUT2D eigenvalue weighted by Crippen LogP contribution is -2.24. The Morgan fingerprint density at radius 1 is 1.33 bits per heavy atom. The summed E-state index contributed by atoms with van der Waals surface area (Å²) in [6.45, 7) is 2.03. The molecule has 84 valence electrons. The van der Waals surface area contributed by atoms with Gasteiger partial charge in [0.1, 0.15) is 0 Å². The highest BCUT2D eigenvalue weighted by molar-refractivity contribution is 7.90. The first-order valence-corrected chi connectivity index (χ1v) is 6.79. The topological polar surface area (TPSA) is 46.2 Å². The van der Waals surface area contributed by atoms with E-state index in [2.05, 4.69) is 5.32 Å². The molecule has 0 spiro atoms. The summed E-state index contributed by atoms with van der Waals surface area (Å²) >= 11 is 0. The van der Waals surface area contributed by atoms with E-state index in [1.807, 2.05) is 26.1 Å². The third-order valence-electron chi connectivity index (χ3n) is 2.39. The van der Waals surface area contributed by atoms with Crippen molar-refractivity contribution in [3.63, 3.8) is 0 Å². The quantitative estimate of drug-likeness (QED) is 0.842. The lowest BCUT2D eigenvalue weighted by atomic mass is 10.1. The highest BCUT2D eigenvalue weighted by atomic mass is 32.2. The molecular formula is C11H17NO2S. The van der Waals surface area contributed by atoms with Crippen molar-refractivity contribution in [1.82, 2.24) is 5.32 Å². The normalized spacial score (nSPS) is 13.8. The van der Waals surface area contributed by atoms with Gasteiger partial charge in [-0.2, -0.15) is 0 Å². The minimum atomic E-state index is -3.12. The molecule has 4 heteroatoms. The van der Waals surface area contributed by atoms with Gasteiger partial charge in [0, 0.05) is 12.3 Å². The molecular weight excluding hydrogens is 210 g/mol. The average Bonchev–Trinajstić information content (AvgIpc) is 2.17. The van der Waals surface area contributed by atoms with Crippen LogP contribution in [-0.2, 0) is 16.3 Å². The van der Waals surface area contributed by atoms with Crippen LogP contribution < -0.4 is 5.32 Å². The van der Waals surface area contributed by atoms with Gasteiger partial charge in [-0.3, -0.25) is 0 Å². The zero-order chi connectivity index (χ0) is 11.5. The molecule has 0 aromatic heterocycles. The molecule has 0 saturated heterocycles. The third kappa shape index (κ3) is 3.32. The minimum Gasteiger partial charge on any atom is -0.317 e. The van der Waals surface area contributed by atoms with Gasteiger partial charge in [0.2, 0.25) is 0 Å². The van der Waals surface area contributed by atoms with Crippen LogP contribution in [0.3, 0.4) is 0 Å². The Balaban J connectivity index is 3.08. The smallest absolute Gasteiger partial charge is 0.175 e. The Morgan fingerprint density at radius 3 is 2.47 bits per heavy atom. The number of sulfone groups is 1. The third-order valence-corrected chi connectivity index (χ3v) is 3.59. The standard InChI is InChI=1S/C11H17NO2S/c1-9(12-2)8-10-6-4-5-7-11(10)15(3,13)14/h4-7,9,12H,8H2,1-3H3. The van der Waals surface area contributed by atoms with Gasteiger partial charge in [-0.1, -0.05) is 18.2 Å². The number of benzene rings is 1. The van der Waals surface area contributed by atoms with E-state index in [9.17, 15) is 8.42 Å². The summed E-state index contributed by atoms with van der Waals surface area (Å²) in [6.07, 6.45) is 1.97. The summed E-state index contributed by atoms with van der Waals surface area (Å²) in [4.78, 5) is 0.437. The monoisotopic (exact) mass is 227 g/mol. The van der Waals surface area contributed by atoms with E-state index in [-0.39, 0.29) is 6.04 Å². The fourth-order valence-corrected chi connectivity index (χ4v) is 2.42. The van der Waals surface area contributed by atoms with Crippen molar-refractivity contribution in [3.8, 4) is 0 Å². The molecule has 1 N–H and O–H groups in total. The SMILES string of the molecule is CNC(C)Cc1ccccc1S(C)(=O)=O. The molecule has 1 rings (SSSR count). The van der Waals surface area contributed by atoms with E-state index in [4.69, 9.17) is 0 Å². The molecule has 0 aliphatic heterocycles. The van der Waals surface area contributed by atoms with Crippen LogP contribution in [0.1, 0.15) is 12.5 Å². The van der Waals surface area contributed by atoms with Crippen LogP contribution in [0.5, 0.6) is 0 Å². The first kappa shape index (κ1) is 12.2. The molecule has 3 nitrogen and oxygen atoms in total. The Bertz CT molecular complexity index is 426. The van der Waals surface area contributed by atoms with Crippen molar-refractivity contribution < 1.29 is 8.42 Å². The number of rotatable bonds is 4. The van der Waals surface area contributed by atoms with Crippen molar-refractivity contribution in [3.05, 3.63) is 29.8 Å². The summed E-state index contributed by atoms with van der Waals surface area (Å²) in [5.74, 6) is 0. The van der Waals surface area contributed by atoms with Crippen LogP contribution in [0.2, 0.25) is 0 Å². The summed E-state index contributed by atoms with van der Waals surface area (Å²) in [5.41, 5.74) is 0.877. The number of likely N-dealkylation sites (N-methyl/N-ethyl adjacent to an activating group) is 1. The maximum absolute atomic E-state index is 11.5. The van der Waals surface area contributed by atoms with Gasteiger partial charge < -0.3 is 5.32 Å². The van der Waals surface area contributed by atoms with Crippen LogP contribution in [0.25, 0.3) is 0 Å². The van der Waals surface area contributed by atoms with Crippen molar-refractivity contribution in [2.75, 3.05) is 13.3 Å². The average molecular weight is 227 g/mol. The van der Waals surface area contributed by atoms with Crippen molar-refractivity contribution in [2.45, 2.75) is 24.3 Å². The fraction of sp³-hybridized carbons (Fsp3) is 0.455. The number of hydrogen-bond acceptors (Lipinski definition) is 3. The molecule has 1 aromatic carbocycles. The molecule has 1 aromatic rings. The van der Waals surface area contributed by atoms with Gasteiger partial charge in [-0.05, 0) is 32.0 Å². The highest BCUT2D eigenvalue weighted by Gasteiger charge is 2.13. The number of nitrogens with one attached hydrogen (secondary N) is 1. The second-order valence-corrected chi connectivity index (χ2v) is 5.76. The lowest BCUT2D eigenvalue weighted by Gasteiger charge is -2.12. The first-order chi connectivity index (χ1) is 6.95. The molecule has 0 aliphatic carbocycles. The van der Waals surface area contributed by atoms with Crippen LogP contribution in [0.4, 0.5) is 0 Å². The maximum atomic E-state index is 11.5. The zero-order valence-electron chi connectivity index (χ0n) is 9.32. The highest BCUT2D eigenvalue weighted by Crippen LogP contribution is 2.16. The molecule has 0 radical (unpaired) electrons. The fourth-order valence-electron chi connectivity index (χ4n) is 1.47. The van der Waals surface area contributed by atoms with Crippen molar-refractivity contribution in [2.24, 2.45) is 0 Å². The summed E-state index contributed by atoms with van der Waals surface area (Å²) in [5, 5.41) is 3.10. The molecule has 0 fully saturated rings. The van der Waals surface area contributed by atoms with Gasteiger partial charge in [0.05, 0.1) is 4.90 Å². The summed E-state index contributed by atoms with van der Waals surface area (Å²) in [7, 11) is -1.25. The van der Waals surface area contributed by atoms with Crippen LogP contribution in [0.15, 0.2) is 29.2 Å². The molecule has 1 unspecified atom stereocenters. The van der Waals surface area contributed by atoms with E-state index < -0.39 is 9.84 Å². The number of hydrogen-bond donors (Lipinski definition) is 1. The largest absolute Gasteiger partial charge is 0.317 e. The van der Waals surface area contributed by atoms with E-state index in [0.29, 0.717) is 4.90 Å². The zero-order valence-corrected chi connectivity index (χ0v) is 10.1. The van der Waals surface area contributed by atoms with Crippen molar-refractivity contribution >= 4 is 9.84 Å². The Morgan fingerprint density at radius 2 is 1.93 bits per heavy atom. The van der Waals surface area contributed by atoms with E-state index in [0.717, 1.165) is 12.0 Å². The van der Waals surface area contributed by atoms with Crippen LogP contribution in [0, 0.1) is 0 Å². The van der Waals surface area contributed by atoms with Gasteiger partial charge in [0.25, 0.3) is 0 Å². The Hall–Kier alpha value is -0.870. The second-order valence-electron chi connectivity index (χ2n) is 3.77. The second kappa shape index (κ2) is 4.77. The van der Waals surface area contributed by atoms with Crippen LogP contribution in [-0.4, -0.2) is 27.8 Å². The Kier molecular flexibility index (Phi) is 3.88. The molecule has 0 saturated carbocycles. The van der Waals surface area contributed by atoms with Gasteiger partial charge in [-0.15, -0.1) is 0 Å². The molecule has 0 amide bonds. The Labute approximate surface area is 91.4 Å². The summed E-state index contributed by atoms with van der Waals surface area (Å²) < 4.78 is 23.0. The van der Waals surface area contributed by atoms with E-state index in [1.165, 1.54) is 6.26 Å². The lowest BCUT2D eigenvalue weighted by molar-refractivity contribution is 0.589. The predicted molar refractivity (Wildman–Crippen MR) is 61.8 cm³/mol. The maximum Gasteiger partial charge on any atom is 0.175 e. The van der Waals surface area contributed by atoms with E-state index in [1.54, 1.807) is 12.1 Å². The minimum absolute atomic E-state index is 0.271. The van der Waals surface area contributed by atoms with Crippen molar-refractivity contribution in [1.29, 1.82) is 0 Å². The van der Waals surface area contributed by atoms with E-state index >= 15 is 0 Å². The molecule has 1 atom stereocenters. The first-order valence-electron chi connectivity index (χ1n) is 4.90. The molecule has 15 heavy (non-hydrogen) atoms. The van der Waals surface area contributed by atoms with Gasteiger partial charge in [0.15, 0.2) is 9.84 Å². The van der Waals surface area contributed by atoms with Gasteiger partial charge in [-0.25, -0.2) is 8.42 Å². The predicted octanol–water partition coefficient (Wildman–Crippen LogP) is 1.24. The van der Waals surface area contributed by atoms with Gasteiger partial charge >= 0.3 is 0 Å². The molecule has 0 aliphatic rings. The molecule has 0 heterocycles. The summed E-state index contributed by atoms with van der Waals surface area (Å²) in [6, 6.07) is 7.42. The van der Waals surface area contributed by atoms with Crippen LogP contribution >= 0.6 is 0 Å².